The maximum absolute atomic E-state index is 13.7. The molecule has 1 N–H and O–H groups in total. The van der Waals surface area contributed by atoms with Crippen molar-refractivity contribution in [2.45, 2.75) is 33.7 Å². The lowest BCUT2D eigenvalue weighted by Crippen LogP contribution is -2.08. The van der Waals surface area contributed by atoms with E-state index in [1.165, 1.54) is 0 Å². The Kier molecular flexibility index (Phi) is 4.84. The van der Waals surface area contributed by atoms with E-state index in [1.807, 2.05) is 51.1 Å². The second-order valence-corrected chi connectivity index (χ2v) is 5.28. The first-order chi connectivity index (χ1) is 10.0. The van der Waals surface area contributed by atoms with Gasteiger partial charge in [0.15, 0.2) is 0 Å². The molecule has 0 amide bonds. The summed E-state index contributed by atoms with van der Waals surface area (Å²) in [7, 11) is 0. The van der Waals surface area contributed by atoms with Crippen molar-refractivity contribution >= 4 is 5.69 Å². The second kappa shape index (κ2) is 6.61. The maximum atomic E-state index is 13.7. The third-order valence-corrected chi connectivity index (χ3v) is 3.58. The minimum atomic E-state index is -0.162. The number of benzene rings is 2. The lowest BCUT2D eigenvalue weighted by atomic mass is 10.0. The molecule has 0 heterocycles. The average molecular weight is 287 g/mol. The number of ether oxygens (including phenoxy) is 1. The van der Waals surface area contributed by atoms with Gasteiger partial charge in [-0.05, 0) is 68.7 Å². The summed E-state index contributed by atoms with van der Waals surface area (Å²) in [5.41, 5.74) is 3.75. The maximum Gasteiger partial charge on any atom is 0.126 e. The van der Waals surface area contributed by atoms with Crippen LogP contribution in [0.2, 0.25) is 0 Å². The van der Waals surface area contributed by atoms with E-state index in [0.717, 1.165) is 22.6 Å². The Morgan fingerprint density at radius 2 is 1.86 bits per heavy atom. The van der Waals surface area contributed by atoms with Crippen LogP contribution in [0.25, 0.3) is 0 Å². The molecule has 0 spiro atoms. The van der Waals surface area contributed by atoms with E-state index >= 15 is 0 Å². The molecule has 1 atom stereocenters. The monoisotopic (exact) mass is 287 g/mol. The summed E-state index contributed by atoms with van der Waals surface area (Å²) in [5, 5.41) is 3.42. The normalized spacial score (nSPS) is 12.0. The van der Waals surface area contributed by atoms with E-state index in [9.17, 15) is 4.39 Å². The second-order valence-electron chi connectivity index (χ2n) is 5.28. The molecule has 3 heteroatoms. The van der Waals surface area contributed by atoms with Crippen molar-refractivity contribution in [3.8, 4) is 5.75 Å². The third kappa shape index (κ3) is 3.75. The Labute approximate surface area is 126 Å². The van der Waals surface area contributed by atoms with E-state index in [-0.39, 0.29) is 11.9 Å². The van der Waals surface area contributed by atoms with Crippen LogP contribution in [-0.2, 0) is 0 Å². The van der Waals surface area contributed by atoms with Crippen molar-refractivity contribution in [2.75, 3.05) is 11.9 Å². The number of aryl methyl sites for hydroxylation is 2. The standard InChI is InChI=1S/C18H22FNO/c1-5-21-16-8-9-18(13(3)10-16)20-14(4)15-7-6-12(2)17(19)11-15/h6-11,14,20H,5H2,1-4H3. The van der Waals surface area contributed by atoms with E-state index in [2.05, 4.69) is 5.32 Å². The molecule has 0 saturated heterocycles. The highest BCUT2D eigenvalue weighted by Gasteiger charge is 2.09. The molecular formula is C18H22FNO. The molecule has 0 aromatic heterocycles. The first kappa shape index (κ1) is 15.4. The van der Waals surface area contributed by atoms with Gasteiger partial charge < -0.3 is 10.1 Å². The van der Waals surface area contributed by atoms with Crippen molar-refractivity contribution in [2.24, 2.45) is 0 Å². The molecule has 112 valence electrons. The van der Waals surface area contributed by atoms with Crippen LogP contribution in [0.3, 0.4) is 0 Å². The first-order valence-corrected chi connectivity index (χ1v) is 7.27. The molecule has 0 aliphatic rings. The van der Waals surface area contributed by atoms with Crippen LogP contribution in [-0.4, -0.2) is 6.61 Å². The lowest BCUT2D eigenvalue weighted by molar-refractivity contribution is 0.340. The Morgan fingerprint density at radius 3 is 2.48 bits per heavy atom. The number of halogens is 1. The van der Waals surface area contributed by atoms with Gasteiger partial charge in [0, 0.05) is 11.7 Å². The Balaban J connectivity index is 2.15. The minimum absolute atomic E-state index is 0.0387. The quantitative estimate of drug-likeness (QED) is 0.834. The minimum Gasteiger partial charge on any atom is -0.494 e. The molecule has 0 radical (unpaired) electrons. The third-order valence-electron chi connectivity index (χ3n) is 3.58. The Bertz CT molecular complexity index is 625. The number of hydrogen-bond donors (Lipinski definition) is 1. The largest absolute Gasteiger partial charge is 0.494 e. The molecule has 0 saturated carbocycles. The van der Waals surface area contributed by atoms with Gasteiger partial charge in [-0.15, -0.1) is 0 Å². The summed E-state index contributed by atoms with van der Waals surface area (Å²) in [4.78, 5) is 0. The van der Waals surface area contributed by atoms with Crippen molar-refractivity contribution in [3.05, 3.63) is 58.9 Å². The van der Waals surface area contributed by atoms with E-state index in [1.54, 1.807) is 13.0 Å². The summed E-state index contributed by atoms with van der Waals surface area (Å²) in [6.45, 7) is 8.46. The van der Waals surface area contributed by atoms with Crippen LogP contribution in [0.4, 0.5) is 10.1 Å². The fourth-order valence-electron chi connectivity index (χ4n) is 2.25. The van der Waals surface area contributed by atoms with Crippen LogP contribution >= 0.6 is 0 Å². The zero-order chi connectivity index (χ0) is 15.4. The molecule has 2 aromatic carbocycles. The Morgan fingerprint density at radius 1 is 1.10 bits per heavy atom. The van der Waals surface area contributed by atoms with Crippen molar-refractivity contribution < 1.29 is 9.13 Å². The molecule has 0 bridgehead atoms. The highest BCUT2D eigenvalue weighted by molar-refractivity contribution is 5.54. The highest BCUT2D eigenvalue weighted by Crippen LogP contribution is 2.26. The zero-order valence-electron chi connectivity index (χ0n) is 13.0. The van der Waals surface area contributed by atoms with Crippen molar-refractivity contribution in [3.63, 3.8) is 0 Å². The lowest BCUT2D eigenvalue weighted by Gasteiger charge is -2.18. The van der Waals surface area contributed by atoms with Gasteiger partial charge in [0.1, 0.15) is 11.6 Å². The van der Waals surface area contributed by atoms with Crippen LogP contribution in [0.5, 0.6) is 5.75 Å². The molecule has 0 fully saturated rings. The van der Waals surface area contributed by atoms with Crippen molar-refractivity contribution in [1.82, 2.24) is 0 Å². The van der Waals surface area contributed by atoms with E-state index in [0.29, 0.717) is 12.2 Å². The molecule has 2 nitrogen and oxygen atoms in total. The van der Waals surface area contributed by atoms with Crippen LogP contribution in [0, 0.1) is 19.7 Å². The number of hydrogen-bond acceptors (Lipinski definition) is 2. The van der Waals surface area contributed by atoms with Gasteiger partial charge >= 0.3 is 0 Å². The van der Waals surface area contributed by atoms with Crippen LogP contribution in [0.15, 0.2) is 36.4 Å². The SMILES string of the molecule is CCOc1ccc(NC(C)c2ccc(C)c(F)c2)c(C)c1. The summed E-state index contributed by atoms with van der Waals surface area (Å²) < 4.78 is 19.1. The molecule has 2 aromatic rings. The van der Waals surface area contributed by atoms with Gasteiger partial charge in [-0.3, -0.25) is 0 Å². The van der Waals surface area contributed by atoms with Gasteiger partial charge in [0.05, 0.1) is 6.61 Å². The molecule has 1 unspecified atom stereocenters. The summed E-state index contributed by atoms with van der Waals surface area (Å²) in [6.07, 6.45) is 0. The van der Waals surface area contributed by atoms with Crippen molar-refractivity contribution in [1.29, 1.82) is 0 Å². The average Bonchev–Trinajstić information content (AvgIpc) is 2.45. The molecule has 0 aliphatic heterocycles. The zero-order valence-corrected chi connectivity index (χ0v) is 13.0. The molecular weight excluding hydrogens is 265 g/mol. The fourth-order valence-corrected chi connectivity index (χ4v) is 2.25. The van der Waals surface area contributed by atoms with E-state index < -0.39 is 0 Å². The number of nitrogens with one attached hydrogen (secondary N) is 1. The highest BCUT2D eigenvalue weighted by atomic mass is 19.1. The van der Waals surface area contributed by atoms with Gasteiger partial charge in [-0.25, -0.2) is 4.39 Å². The topological polar surface area (TPSA) is 21.3 Å². The van der Waals surface area contributed by atoms with Gasteiger partial charge in [0.25, 0.3) is 0 Å². The predicted molar refractivity (Wildman–Crippen MR) is 85.5 cm³/mol. The number of anilines is 1. The number of rotatable bonds is 5. The predicted octanol–water partition coefficient (Wildman–Crippen LogP) is 5.01. The summed E-state index contributed by atoms with van der Waals surface area (Å²) in [6, 6.07) is 11.4. The van der Waals surface area contributed by atoms with Gasteiger partial charge in [0.2, 0.25) is 0 Å². The Hall–Kier alpha value is -2.03. The summed E-state index contributed by atoms with van der Waals surface area (Å²) >= 11 is 0. The summed E-state index contributed by atoms with van der Waals surface area (Å²) in [5.74, 6) is 0.708. The first-order valence-electron chi connectivity index (χ1n) is 7.27. The van der Waals surface area contributed by atoms with Crippen LogP contribution in [0.1, 0.15) is 36.6 Å². The van der Waals surface area contributed by atoms with Gasteiger partial charge in [-0.1, -0.05) is 12.1 Å². The fraction of sp³-hybridized carbons (Fsp3) is 0.333. The van der Waals surface area contributed by atoms with Crippen LogP contribution < -0.4 is 10.1 Å². The molecule has 0 aliphatic carbocycles. The van der Waals surface area contributed by atoms with E-state index in [4.69, 9.17) is 4.74 Å². The molecule has 21 heavy (non-hydrogen) atoms. The van der Waals surface area contributed by atoms with Gasteiger partial charge in [-0.2, -0.15) is 0 Å². The smallest absolute Gasteiger partial charge is 0.126 e. The molecule has 2 rings (SSSR count).